The highest BCUT2D eigenvalue weighted by atomic mass is 16.5. The zero-order valence-corrected chi connectivity index (χ0v) is 21.0. The Balaban J connectivity index is 1.69. The largest absolute Gasteiger partial charge is 0.366 e. The number of nitrogens with one attached hydrogen (secondary N) is 2. The van der Waals surface area contributed by atoms with Gasteiger partial charge in [0.05, 0.1) is 28.8 Å². The molecule has 0 radical (unpaired) electrons. The van der Waals surface area contributed by atoms with Crippen LogP contribution in [0.25, 0.3) is 5.57 Å². The van der Waals surface area contributed by atoms with Crippen molar-refractivity contribution in [2.24, 2.45) is 5.41 Å². The van der Waals surface area contributed by atoms with Gasteiger partial charge >= 0.3 is 0 Å². The number of carbonyl (C=O) groups is 1. The van der Waals surface area contributed by atoms with Gasteiger partial charge < -0.3 is 19.9 Å². The third kappa shape index (κ3) is 5.31. The number of anilines is 2. The molecule has 2 aliphatic rings. The second-order valence-electron chi connectivity index (χ2n) is 11.4. The van der Waals surface area contributed by atoms with Crippen LogP contribution in [-0.2, 0) is 4.74 Å². The average Bonchev–Trinajstić information content (AvgIpc) is 3.21. The molecule has 8 heteroatoms. The van der Waals surface area contributed by atoms with Crippen LogP contribution in [0.5, 0.6) is 0 Å². The van der Waals surface area contributed by atoms with E-state index in [0.717, 1.165) is 49.4 Å². The Morgan fingerprint density at radius 2 is 1.88 bits per heavy atom. The highest BCUT2D eigenvalue weighted by Gasteiger charge is 2.39. The molecule has 0 aromatic carbocycles. The van der Waals surface area contributed by atoms with Crippen molar-refractivity contribution in [1.29, 1.82) is 5.26 Å². The molecule has 180 valence electrons. The summed E-state index contributed by atoms with van der Waals surface area (Å²) in [7, 11) is 0. The highest BCUT2D eigenvalue weighted by Crippen LogP contribution is 2.40. The van der Waals surface area contributed by atoms with Gasteiger partial charge in [0, 0.05) is 13.1 Å². The number of allylic oxidation sites excluding steroid dienone is 2. The van der Waals surface area contributed by atoms with Gasteiger partial charge in [-0.2, -0.15) is 5.26 Å². The van der Waals surface area contributed by atoms with Crippen molar-refractivity contribution in [3.8, 4) is 6.07 Å². The van der Waals surface area contributed by atoms with Crippen LogP contribution in [0.2, 0.25) is 0 Å². The van der Waals surface area contributed by atoms with Crippen LogP contribution in [0.1, 0.15) is 82.8 Å². The first kappa shape index (κ1) is 24.0. The van der Waals surface area contributed by atoms with E-state index < -0.39 is 5.91 Å². The first-order valence-corrected chi connectivity index (χ1v) is 11.8. The highest BCUT2D eigenvalue weighted by molar-refractivity contribution is 6.03. The van der Waals surface area contributed by atoms with E-state index in [4.69, 9.17) is 15.0 Å². The van der Waals surface area contributed by atoms with Crippen LogP contribution in [0.4, 0.5) is 11.5 Å². The molecule has 0 unspecified atom stereocenters. The number of carbonyl (C=O) groups excluding carboxylic acids is 1. The molecule has 0 atom stereocenters. The van der Waals surface area contributed by atoms with Crippen molar-refractivity contribution in [2.45, 2.75) is 72.0 Å². The molecular formula is C26H34N6O2. The van der Waals surface area contributed by atoms with Crippen LogP contribution in [-0.4, -0.2) is 45.2 Å². The molecule has 2 aromatic heterocycles. The number of pyridine rings is 1. The Labute approximate surface area is 201 Å². The fraction of sp³-hybridized carbons (Fsp3) is 0.538. The Morgan fingerprint density at radius 3 is 2.47 bits per heavy atom. The summed E-state index contributed by atoms with van der Waals surface area (Å²) in [4.78, 5) is 26.9. The summed E-state index contributed by atoms with van der Waals surface area (Å²) in [6.07, 6.45) is 6.51. The Kier molecular flexibility index (Phi) is 6.03. The third-order valence-corrected chi connectivity index (χ3v) is 6.34. The van der Waals surface area contributed by atoms with Crippen molar-refractivity contribution in [2.75, 3.05) is 23.3 Å². The maximum Gasteiger partial charge on any atom is 0.291 e. The summed E-state index contributed by atoms with van der Waals surface area (Å²) in [6.45, 7) is 14.4. The number of nitrogens with zero attached hydrogens (tertiary/aromatic N) is 4. The fourth-order valence-corrected chi connectivity index (χ4v) is 4.89. The molecule has 4 rings (SSSR count). The van der Waals surface area contributed by atoms with E-state index in [2.05, 4.69) is 67.8 Å². The second kappa shape index (κ2) is 8.55. The van der Waals surface area contributed by atoms with Crippen LogP contribution in [0.3, 0.4) is 0 Å². The SMILES string of the molecule is CC1(C)CC=C(c2nc(N3CC(C)(C)OC(C)(C)C3)ccc2NC(=O)c2ncc(C#N)[nH]2)CC1. The molecule has 0 bridgehead atoms. The molecule has 1 aliphatic heterocycles. The van der Waals surface area contributed by atoms with Crippen molar-refractivity contribution in [3.05, 3.63) is 41.6 Å². The molecule has 2 aromatic rings. The number of ether oxygens (including phenoxy) is 1. The van der Waals surface area contributed by atoms with Crippen molar-refractivity contribution in [1.82, 2.24) is 15.0 Å². The number of imidazole rings is 1. The number of H-pyrrole nitrogens is 1. The summed E-state index contributed by atoms with van der Waals surface area (Å²) in [5.74, 6) is 0.567. The van der Waals surface area contributed by atoms with Gasteiger partial charge in [-0.3, -0.25) is 4.79 Å². The molecule has 8 nitrogen and oxygen atoms in total. The third-order valence-electron chi connectivity index (χ3n) is 6.34. The standard InChI is InChI=1S/C26H34N6O2/c1-24(2)11-9-17(10-12-24)21-19(30-23(33)22-28-14-18(13-27)29-22)7-8-20(31-21)32-15-25(3,4)34-26(5,6)16-32/h7-9,14H,10-12,15-16H2,1-6H3,(H,28,29)(H,30,33). The summed E-state index contributed by atoms with van der Waals surface area (Å²) < 4.78 is 6.25. The molecule has 1 aliphatic carbocycles. The lowest BCUT2D eigenvalue weighted by Gasteiger charge is -2.47. The molecule has 3 heterocycles. The van der Waals surface area contributed by atoms with Gasteiger partial charge in [-0.25, -0.2) is 9.97 Å². The maximum absolute atomic E-state index is 12.8. The van der Waals surface area contributed by atoms with E-state index in [1.807, 2.05) is 18.2 Å². The van der Waals surface area contributed by atoms with E-state index in [9.17, 15) is 4.79 Å². The summed E-state index contributed by atoms with van der Waals surface area (Å²) in [5.41, 5.74) is 2.46. The topological polar surface area (TPSA) is 107 Å². The molecule has 1 saturated heterocycles. The van der Waals surface area contributed by atoms with Crippen molar-refractivity contribution in [3.63, 3.8) is 0 Å². The minimum Gasteiger partial charge on any atom is -0.366 e. The van der Waals surface area contributed by atoms with E-state index in [-0.39, 0.29) is 28.1 Å². The van der Waals surface area contributed by atoms with E-state index in [1.54, 1.807) is 0 Å². The average molecular weight is 463 g/mol. The van der Waals surface area contributed by atoms with Crippen molar-refractivity contribution >= 4 is 23.0 Å². The number of amides is 1. The van der Waals surface area contributed by atoms with E-state index >= 15 is 0 Å². The predicted molar refractivity (Wildman–Crippen MR) is 133 cm³/mol. The number of morpholine rings is 1. The van der Waals surface area contributed by atoms with Crippen LogP contribution < -0.4 is 10.2 Å². The smallest absolute Gasteiger partial charge is 0.291 e. The van der Waals surface area contributed by atoms with Gasteiger partial charge in [-0.1, -0.05) is 19.9 Å². The molecule has 0 saturated carbocycles. The Morgan fingerprint density at radius 1 is 1.18 bits per heavy atom. The van der Waals surface area contributed by atoms with Crippen LogP contribution in [0, 0.1) is 16.7 Å². The maximum atomic E-state index is 12.8. The predicted octanol–water partition coefficient (Wildman–Crippen LogP) is 4.92. The number of rotatable bonds is 4. The van der Waals surface area contributed by atoms with Gasteiger partial charge in [0.2, 0.25) is 0 Å². The molecule has 2 N–H and O–H groups in total. The first-order chi connectivity index (χ1) is 15.9. The van der Waals surface area contributed by atoms with E-state index in [1.165, 1.54) is 6.20 Å². The normalized spacial score (nSPS) is 20.9. The lowest BCUT2D eigenvalue weighted by molar-refractivity contribution is -0.133. The molecule has 1 fully saturated rings. The Bertz CT molecular complexity index is 1150. The van der Waals surface area contributed by atoms with Crippen LogP contribution in [0.15, 0.2) is 24.4 Å². The zero-order valence-electron chi connectivity index (χ0n) is 21.0. The monoisotopic (exact) mass is 462 g/mol. The summed E-state index contributed by atoms with van der Waals surface area (Å²) in [5, 5.41) is 12.0. The van der Waals surface area contributed by atoms with Gasteiger partial charge in [0.1, 0.15) is 17.6 Å². The summed E-state index contributed by atoms with van der Waals surface area (Å²) >= 11 is 0. The number of aromatic nitrogens is 3. The number of aromatic amines is 1. The lowest BCUT2D eigenvalue weighted by atomic mass is 9.77. The van der Waals surface area contributed by atoms with Gasteiger partial charge in [-0.05, 0) is 70.1 Å². The quantitative estimate of drug-likeness (QED) is 0.668. The minimum absolute atomic E-state index is 0.0991. The molecular weight excluding hydrogens is 428 g/mol. The molecule has 34 heavy (non-hydrogen) atoms. The first-order valence-electron chi connectivity index (χ1n) is 11.8. The number of nitriles is 1. The molecule has 1 amide bonds. The Hall–Kier alpha value is -3.18. The lowest BCUT2D eigenvalue weighted by Crippen LogP contribution is -2.57. The van der Waals surface area contributed by atoms with Gasteiger partial charge in [0.25, 0.3) is 5.91 Å². The fourth-order valence-electron chi connectivity index (χ4n) is 4.89. The van der Waals surface area contributed by atoms with Gasteiger partial charge in [0.15, 0.2) is 5.82 Å². The zero-order chi connectivity index (χ0) is 24.7. The van der Waals surface area contributed by atoms with Gasteiger partial charge in [-0.15, -0.1) is 0 Å². The van der Waals surface area contributed by atoms with E-state index in [0.29, 0.717) is 5.69 Å². The van der Waals surface area contributed by atoms with Crippen molar-refractivity contribution < 1.29 is 9.53 Å². The summed E-state index contributed by atoms with van der Waals surface area (Å²) in [6, 6.07) is 5.83. The van der Waals surface area contributed by atoms with Crippen LogP contribution >= 0.6 is 0 Å². The second-order valence-corrected chi connectivity index (χ2v) is 11.4. The number of hydrogen-bond donors (Lipinski definition) is 2. The number of hydrogen-bond acceptors (Lipinski definition) is 6. The minimum atomic E-state index is -0.400. The molecule has 0 spiro atoms.